The van der Waals surface area contributed by atoms with Gasteiger partial charge in [0.2, 0.25) is 5.91 Å². The van der Waals surface area contributed by atoms with Gasteiger partial charge in [-0.15, -0.1) is 0 Å². The Hall–Kier alpha value is -1.36. The Morgan fingerprint density at radius 1 is 1.67 bits per heavy atom. The number of nitrogens with one attached hydrogen (secondary N) is 2. The molecule has 1 aliphatic heterocycles. The summed E-state index contributed by atoms with van der Waals surface area (Å²) in [4.78, 5) is 15.8. The molecule has 0 aliphatic carbocycles. The Bertz CT molecular complexity index is 361. The molecule has 2 N–H and O–H groups in total. The lowest BCUT2D eigenvalue weighted by Gasteiger charge is -2.11. The predicted octanol–water partition coefficient (Wildman–Crippen LogP) is 0.777. The van der Waals surface area contributed by atoms with Crippen molar-refractivity contribution < 1.29 is 9.21 Å². The SMILES string of the molecule is Cc1coc(NC(=O)[C@@H]2CNC[C@H]2C)n1. The van der Waals surface area contributed by atoms with Crippen LogP contribution in [0.1, 0.15) is 12.6 Å². The molecule has 1 fully saturated rings. The van der Waals surface area contributed by atoms with Gasteiger partial charge in [0.15, 0.2) is 0 Å². The molecule has 0 saturated carbocycles. The number of hydrogen-bond donors (Lipinski definition) is 2. The second-order valence-corrected chi connectivity index (χ2v) is 4.03. The van der Waals surface area contributed by atoms with Crippen molar-refractivity contribution in [3.05, 3.63) is 12.0 Å². The maximum Gasteiger partial charge on any atom is 0.301 e. The van der Waals surface area contributed by atoms with Crippen molar-refractivity contribution in [1.29, 1.82) is 0 Å². The van der Waals surface area contributed by atoms with E-state index in [0.717, 1.165) is 18.8 Å². The third-order valence-corrected chi connectivity index (χ3v) is 2.70. The van der Waals surface area contributed by atoms with Crippen molar-refractivity contribution in [1.82, 2.24) is 10.3 Å². The highest BCUT2D eigenvalue weighted by Crippen LogP contribution is 2.18. The summed E-state index contributed by atoms with van der Waals surface area (Å²) in [6.45, 7) is 5.50. The van der Waals surface area contributed by atoms with Crippen LogP contribution in [0.2, 0.25) is 0 Å². The number of anilines is 1. The highest BCUT2D eigenvalue weighted by atomic mass is 16.4. The molecule has 2 rings (SSSR count). The first-order valence-electron chi connectivity index (χ1n) is 5.10. The van der Waals surface area contributed by atoms with Gasteiger partial charge < -0.3 is 9.73 Å². The topological polar surface area (TPSA) is 67.2 Å². The largest absolute Gasteiger partial charge is 0.432 e. The molecule has 1 aromatic heterocycles. The lowest BCUT2D eigenvalue weighted by atomic mass is 9.97. The molecule has 1 aliphatic rings. The van der Waals surface area contributed by atoms with E-state index in [9.17, 15) is 4.79 Å². The number of oxazole rings is 1. The van der Waals surface area contributed by atoms with Crippen LogP contribution in [0.15, 0.2) is 10.7 Å². The first-order chi connectivity index (χ1) is 7.16. The number of aromatic nitrogens is 1. The number of nitrogens with zero attached hydrogens (tertiary/aromatic N) is 1. The fourth-order valence-corrected chi connectivity index (χ4v) is 1.77. The zero-order valence-electron chi connectivity index (χ0n) is 8.91. The summed E-state index contributed by atoms with van der Waals surface area (Å²) in [6, 6.07) is 0.289. The lowest BCUT2D eigenvalue weighted by Crippen LogP contribution is -2.27. The van der Waals surface area contributed by atoms with Crippen LogP contribution in [0.4, 0.5) is 6.01 Å². The first-order valence-corrected chi connectivity index (χ1v) is 5.10. The van der Waals surface area contributed by atoms with Crippen molar-refractivity contribution in [3.8, 4) is 0 Å². The van der Waals surface area contributed by atoms with Gasteiger partial charge in [0.1, 0.15) is 6.26 Å². The van der Waals surface area contributed by atoms with Crippen LogP contribution in [-0.4, -0.2) is 24.0 Å². The monoisotopic (exact) mass is 209 g/mol. The summed E-state index contributed by atoms with van der Waals surface area (Å²) in [5, 5.41) is 5.86. The van der Waals surface area contributed by atoms with Crippen molar-refractivity contribution in [2.45, 2.75) is 13.8 Å². The summed E-state index contributed by atoms with van der Waals surface area (Å²) in [6.07, 6.45) is 1.52. The summed E-state index contributed by atoms with van der Waals surface area (Å²) in [7, 11) is 0. The van der Waals surface area contributed by atoms with Gasteiger partial charge in [-0.3, -0.25) is 10.1 Å². The van der Waals surface area contributed by atoms with Gasteiger partial charge in [-0.05, 0) is 19.4 Å². The number of aryl methyl sites for hydroxylation is 1. The van der Waals surface area contributed by atoms with E-state index in [-0.39, 0.29) is 17.8 Å². The molecule has 2 atom stereocenters. The standard InChI is InChI=1S/C10H15N3O2/c1-6-3-11-4-8(6)9(14)13-10-12-7(2)5-15-10/h5-6,8,11H,3-4H2,1-2H3,(H,12,13,14)/t6-,8-/m1/s1. The molecule has 1 aromatic rings. The van der Waals surface area contributed by atoms with Crippen LogP contribution in [0.3, 0.4) is 0 Å². The van der Waals surface area contributed by atoms with Crippen LogP contribution < -0.4 is 10.6 Å². The Labute approximate surface area is 88.3 Å². The highest BCUT2D eigenvalue weighted by Gasteiger charge is 2.30. The molecule has 0 bridgehead atoms. The van der Waals surface area contributed by atoms with Gasteiger partial charge in [-0.25, -0.2) is 0 Å². The van der Waals surface area contributed by atoms with E-state index in [1.807, 2.05) is 6.92 Å². The summed E-state index contributed by atoms with van der Waals surface area (Å²) < 4.78 is 5.07. The van der Waals surface area contributed by atoms with Crippen LogP contribution in [0.5, 0.6) is 0 Å². The van der Waals surface area contributed by atoms with E-state index in [2.05, 4.69) is 22.5 Å². The van der Waals surface area contributed by atoms with E-state index in [4.69, 9.17) is 4.42 Å². The van der Waals surface area contributed by atoms with Crippen molar-refractivity contribution >= 4 is 11.9 Å². The van der Waals surface area contributed by atoms with Gasteiger partial charge >= 0.3 is 6.01 Å². The van der Waals surface area contributed by atoms with Gasteiger partial charge in [0, 0.05) is 6.54 Å². The molecule has 1 saturated heterocycles. The van der Waals surface area contributed by atoms with Crippen LogP contribution in [-0.2, 0) is 4.79 Å². The average Bonchev–Trinajstić information content (AvgIpc) is 2.75. The van der Waals surface area contributed by atoms with Crippen LogP contribution >= 0.6 is 0 Å². The molecule has 0 spiro atoms. The van der Waals surface area contributed by atoms with Crippen molar-refractivity contribution in [2.75, 3.05) is 18.4 Å². The molecule has 82 valence electrons. The van der Waals surface area contributed by atoms with Gasteiger partial charge in [0.25, 0.3) is 0 Å². The third-order valence-electron chi connectivity index (χ3n) is 2.70. The van der Waals surface area contributed by atoms with Gasteiger partial charge in [0.05, 0.1) is 11.6 Å². The molecule has 1 amide bonds. The number of rotatable bonds is 2. The number of carbonyl (C=O) groups is 1. The zero-order chi connectivity index (χ0) is 10.8. The number of amides is 1. The van der Waals surface area contributed by atoms with Crippen molar-refractivity contribution in [2.24, 2.45) is 11.8 Å². The average molecular weight is 209 g/mol. The van der Waals surface area contributed by atoms with E-state index >= 15 is 0 Å². The molecule has 5 nitrogen and oxygen atoms in total. The Morgan fingerprint density at radius 3 is 3.00 bits per heavy atom. The fourth-order valence-electron chi connectivity index (χ4n) is 1.77. The lowest BCUT2D eigenvalue weighted by molar-refractivity contribution is -0.120. The van der Waals surface area contributed by atoms with E-state index in [0.29, 0.717) is 5.92 Å². The van der Waals surface area contributed by atoms with E-state index in [1.54, 1.807) is 0 Å². The van der Waals surface area contributed by atoms with Crippen molar-refractivity contribution in [3.63, 3.8) is 0 Å². The molecule has 0 radical (unpaired) electrons. The molecule has 15 heavy (non-hydrogen) atoms. The third kappa shape index (κ3) is 2.18. The first kappa shape index (κ1) is 10.2. The maximum absolute atomic E-state index is 11.8. The Kier molecular flexibility index (Phi) is 2.73. The summed E-state index contributed by atoms with van der Waals surface area (Å²) in [5.74, 6) is 0.354. The quantitative estimate of drug-likeness (QED) is 0.755. The van der Waals surface area contributed by atoms with E-state index < -0.39 is 0 Å². The Morgan fingerprint density at radius 2 is 2.47 bits per heavy atom. The molecule has 0 unspecified atom stereocenters. The summed E-state index contributed by atoms with van der Waals surface area (Å²) in [5.41, 5.74) is 0.767. The molecular weight excluding hydrogens is 194 g/mol. The molecule has 0 aromatic carbocycles. The van der Waals surface area contributed by atoms with Gasteiger partial charge in [-0.2, -0.15) is 4.98 Å². The molecular formula is C10H15N3O2. The number of hydrogen-bond acceptors (Lipinski definition) is 4. The van der Waals surface area contributed by atoms with Gasteiger partial charge in [-0.1, -0.05) is 6.92 Å². The summed E-state index contributed by atoms with van der Waals surface area (Å²) >= 11 is 0. The van der Waals surface area contributed by atoms with Crippen LogP contribution in [0.25, 0.3) is 0 Å². The fraction of sp³-hybridized carbons (Fsp3) is 0.600. The molecule has 5 heteroatoms. The van der Waals surface area contributed by atoms with E-state index in [1.165, 1.54) is 6.26 Å². The predicted molar refractivity (Wildman–Crippen MR) is 55.4 cm³/mol. The molecule has 2 heterocycles. The highest BCUT2D eigenvalue weighted by molar-refractivity contribution is 5.91. The number of carbonyl (C=O) groups excluding carboxylic acids is 1. The van der Waals surface area contributed by atoms with Crippen LogP contribution in [0, 0.1) is 18.8 Å². The minimum absolute atomic E-state index is 0.0113. The second-order valence-electron chi connectivity index (χ2n) is 4.03. The smallest absolute Gasteiger partial charge is 0.301 e. The zero-order valence-corrected chi connectivity index (χ0v) is 8.91. The Balaban J connectivity index is 1.97. The minimum Gasteiger partial charge on any atom is -0.432 e. The maximum atomic E-state index is 11.8. The normalized spacial score (nSPS) is 25.5. The minimum atomic E-state index is -0.0191. The second kappa shape index (κ2) is 4.02.